The molecule has 4 aromatic carbocycles. The van der Waals surface area contributed by atoms with E-state index in [0.29, 0.717) is 50.1 Å². The second-order valence-corrected chi connectivity index (χ2v) is 11.6. The Morgan fingerprint density at radius 3 is 2.57 bits per heavy atom. The minimum Gasteiger partial charge on any atom is -0.494 e. The topological polar surface area (TPSA) is 133 Å². The predicted molar refractivity (Wildman–Crippen MR) is 181 cm³/mol. The maximum absolute atomic E-state index is 13.8. The molecule has 0 atom stereocenters. The first-order valence-electron chi connectivity index (χ1n) is 14.6. The first-order valence-corrected chi connectivity index (χ1v) is 15.3. The van der Waals surface area contributed by atoms with Crippen LogP contribution in [0.4, 0.5) is 5.69 Å². The molecule has 5 aromatic rings. The summed E-state index contributed by atoms with van der Waals surface area (Å²) in [6, 6.07) is 22.8. The van der Waals surface area contributed by atoms with Gasteiger partial charge >= 0.3 is 5.69 Å². The van der Waals surface area contributed by atoms with Crippen molar-refractivity contribution in [3.8, 4) is 29.0 Å². The Morgan fingerprint density at radius 1 is 1.11 bits per heavy atom. The molecule has 5 rings (SSSR count). The van der Waals surface area contributed by atoms with Gasteiger partial charge in [0.15, 0.2) is 5.82 Å². The molecule has 0 aliphatic carbocycles. The van der Waals surface area contributed by atoms with Crippen molar-refractivity contribution < 1.29 is 14.4 Å². The minimum absolute atomic E-state index is 0.00588. The lowest BCUT2D eigenvalue weighted by Crippen LogP contribution is -2.21. The number of hydrogen-bond donors (Lipinski definition) is 0. The lowest BCUT2D eigenvalue weighted by molar-refractivity contribution is -0.386. The number of para-hydroxylation sites is 1. The monoisotopic (exact) mass is 679 g/mol. The summed E-state index contributed by atoms with van der Waals surface area (Å²) >= 11 is 3.40. The molecule has 10 nitrogen and oxygen atoms in total. The SMILES string of the molecule is CCOc1cc(C)c(-c2nc3ccccc3c(=O)n2N=Cc2cc(Br)c(OCc3ccccc3C#N)c([N+](=O)[O-])c2)cc1C(C)C. The normalized spacial score (nSPS) is 11.2. The Kier molecular flexibility index (Phi) is 9.58. The van der Waals surface area contributed by atoms with Crippen LogP contribution in [0, 0.1) is 28.4 Å². The number of hydrogen-bond acceptors (Lipinski definition) is 8. The van der Waals surface area contributed by atoms with Crippen LogP contribution in [0.25, 0.3) is 22.3 Å². The van der Waals surface area contributed by atoms with E-state index in [1.165, 1.54) is 17.0 Å². The van der Waals surface area contributed by atoms with Crippen molar-refractivity contribution in [2.75, 3.05) is 6.61 Å². The van der Waals surface area contributed by atoms with Crippen molar-refractivity contribution in [1.29, 1.82) is 5.26 Å². The molecule has 0 aliphatic rings. The third-order valence-electron chi connectivity index (χ3n) is 7.35. The van der Waals surface area contributed by atoms with E-state index in [1.54, 1.807) is 48.5 Å². The smallest absolute Gasteiger partial charge is 0.312 e. The first-order chi connectivity index (χ1) is 22.1. The molecule has 1 aromatic heterocycles. The Bertz CT molecular complexity index is 2100. The zero-order valence-corrected chi connectivity index (χ0v) is 27.2. The molecule has 0 saturated carbocycles. The Morgan fingerprint density at radius 2 is 1.85 bits per heavy atom. The quantitative estimate of drug-likeness (QED) is 0.0832. The van der Waals surface area contributed by atoms with Crippen molar-refractivity contribution in [2.24, 2.45) is 5.10 Å². The number of nitro groups is 1. The maximum Gasteiger partial charge on any atom is 0.312 e. The maximum atomic E-state index is 13.8. The lowest BCUT2D eigenvalue weighted by Gasteiger charge is -2.18. The van der Waals surface area contributed by atoms with Gasteiger partial charge in [0.1, 0.15) is 12.4 Å². The molecule has 0 N–H and O–H groups in total. The number of nitro benzene ring substituents is 1. The molecule has 11 heteroatoms. The van der Waals surface area contributed by atoms with Crippen LogP contribution in [-0.4, -0.2) is 27.4 Å². The van der Waals surface area contributed by atoms with E-state index in [9.17, 15) is 20.2 Å². The Labute approximate surface area is 273 Å². The lowest BCUT2D eigenvalue weighted by atomic mass is 9.96. The molecular formula is C35H30BrN5O5. The van der Waals surface area contributed by atoms with Crippen molar-refractivity contribution >= 4 is 38.7 Å². The summed E-state index contributed by atoms with van der Waals surface area (Å²) < 4.78 is 13.3. The summed E-state index contributed by atoms with van der Waals surface area (Å²) in [6.45, 7) is 8.45. The molecule has 0 aliphatic heterocycles. The predicted octanol–water partition coefficient (Wildman–Crippen LogP) is 7.90. The summed E-state index contributed by atoms with van der Waals surface area (Å²) in [5.74, 6) is 1.24. The molecule has 0 spiro atoms. The summed E-state index contributed by atoms with van der Waals surface area (Å²) in [6.07, 6.45) is 1.38. The number of fused-ring (bicyclic) bond motifs is 1. The van der Waals surface area contributed by atoms with Crippen LogP contribution in [0.15, 0.2) is 87.2 Å². The van der Waals surface area contributed by atoms with E-state index < -0.39 is 4.92 Å². The van der Waals surface area contributed by atoms with Gasteiger partial charge in [0.05, 0.1) is 44.8 Å². The van der Waals surface area contributed by atoms with Gasteiger partial charge in [-0.05, 0) is 83.2 Å². The first kappa shape index (κ1) is 32.1. The van der Waals surface area contributed by atoms with Crippen LogP contribution in [0.5, 0.6) is 11.5 Å². The Hall–Kier alpha value is -5.34. The van der Waals surface area contributed by atoms with E-state index in [0.717, 1.165) is 16.9 Å². The van der Waals surface area contributed by atoms with E-state index in [4.69, 9.17) is 14.5 Å². The van der Waals surface area contributed by atoms with Crippen LogP contribution in [0.2, 0.25) is 0 Å². The van der Waals surface area contributed by atoms with Crippen molar-refractivity contribution in [1.82, 2.24) is 9.66 Å². The third kappa shape index (κ3) is 6.53. The van der Waals surface area contributed by atoms with Crippen LogP contribution < -0.4 is 15.0 Å². The fraction of sp³-hybridized carbons (Fsp3) is 0.200. The average molecular weight is 681 g/mol. The minimum atomic E-state index is -0.556. The number of aromatic nitrogens is 2. The van der Waals surface area contributed by atoms with Gasteiger partial charge < -0.3 is 9.47 Å². The van der Waals surface area contributed by atoms with Gasteiger partial charge in [-0.25, -0.2) is 4.98 Å². The Balaban J connectivity index is 1.61. The number of halogens is 1. The number of nitriles is 1. The van der Waals surface area contributed by atoms with Crippen LogP contribution >= 0.6 is 15.9 Å². The zero-order valence-electron chi connectivity index (χ0n) is 25.7. The molecule has 46 heavy (non-hydrogen) atoms. The molecule has 232 valence electrons. The van der Waals surface area contributed by atoms with Gasteiger partial charge in [-0.15, -0.1) is 0 Å². The summed E-state index contributed by atoms with van der Waals surface area (Å²) in [5, 5.41) is 26.4. The van der Waals surface area contributed by atoms with Crippen LogP contribution in [0.1, 0.15) is 54.5 Å². The number of benzene rings is 4. The number of ether oxygens (including phenoxy) is 2. The molecular weight excluding hydrogens is 650 g/mol. The molecule has 0 bridgehead atoms. The molecule has 0 radical (unpaired) electrons. The van der Waals surface area contributed by atoms with Crippen LogP contribution in [-0.2, 0) is 6.61 Å². The van der Waals surface area contributed by atoms with Crippen molar-refractivity contribution in [3.05, 3.63) is 126 Å². The highest BCUT2D eigenvalue weighted by Crippen LogP contribution is 2.37. The second kappa shape index (κ2) is 13.7. The molecule has 0 unspecified atom stereocenters. The molecule has 0 amide bonds. The van der Waals surface area contributed by atoms with Crippen molar-refractivity contribution in [2.45, 2.75) is 40.2 Å². The number of nitrogens with zero attached hydrogens (tertiary/aromatic N) is 5. The highest BCUT2D eigenvalue weighted by molar-refractivity contribution is 9.10. The van der Waals surface area contributed by atoms with Gasteiger partial charge in [-0.2, -0.15) is 15.0 Å². The summed E-state index contributed by atoms with van der Waals surface area (Å²) in [5.41, 5.74) is 3.70. The standard InChI is InChI=1S/C35H30BrN5O5/c1-5-45-32-14-22(4)28(17-27(32)21(2)3)34-39-30-13-9-8-12-26(30)35(42)40(34)38-19-23-15-29(36)33(31(16-23)41(43)44)46-20-25-11-7-6-10-24(25)18-37/h6-17,19,21H,5,20H2,1-4H3. The van der Waals surface area contributed by atoms with Gasteiger partial charge in [0.25, 0.3) is 5.56 Å². The van der Waals surface area contributed by atoms with Gasteiger partial charge in [-0.1, -0.05) is 44.2 Å². The fourth-order valence-electron chi connectivity index (χ4n) is 5.06. The highest BCUT2D eigenvalue weighted by atomic mass is 79.9. The highest BCUT2D eigenvalue weighted by Gasteiger charge is 2.22. The van der Waals surface area contributed by atoms with E-state index in [-0.39, 0.29) is 29.5 Å². The van der Waals surface area contributed by atoms with Gasteiger partial charge in [-0.3, -0.25) is 14.9 Å². The average Bonchev–Trinajstić information content (AvgIpc) is 3.03. The van der Waals surface area contributed by atoms with E-state index in [2.05, 4.69) is 40.9 Å². The number of rotatable bonds is 10. The molecule has 0 fully saturated rings. The molecule has 0 saturated heterocycles. The summed E-state index contributed by atoms with van der Waals surface area (Å²) in [4.78, 5) is 30.2. The molecule has 1 heterocycles. The van der Waals surface area contributed by atoms with E-state index >= 15 is 0 Å². The zero-order chi connectivity index (χ0) is 33.0. The number of aryl methyl sites for hydroxylation is 1. The fourth-order valence-corrected chi connectivity index (χ4v) is 5.64. The van der Waals surface area contributed by atoms with E-state index in [1.807, 2.05) is 32.0 Å². The third-order valence-corrected chi connectivity index (χ3v) is 7.94. The van der Waals surface area contributed by atoms with Gasteiger partial charge in [0.2, 0.25) is 5.75 Å². The summed E-state index contributed by atoms with van der Waals surface area (Å²) in [7, 11) is 0. The van der Waals surface area contributed by atoms with Gasteiger partial charge in [0, 0.05) is 22.8 Å². The van der Waals surface area contributed by atoms with Crippen LogP contribution in [0.3, 0.4) is 0 Å². The second-order valence-electron chi connectivity index (χ2n) is 10.8. The van der Waals surface area contributed by atoms with Crippen molar-refractivity contribution in [3.63, 3.8) is 0 Å². The largest absolute Gasteiger partial charge is 0.494 e.